The van der Waals surface area contributed by atoms with Crippen LogP contribution in [0.25, 0.3) is 0 Å². The molecule has 5 N–H and O–H groups in total. The quantitative estimate of drug-likeness (QED) is 0.566. The highest BCUT2D eigenvalue weighted by Gasteiger charge is 2.32. The van der Waals surface area contributed by atoms with E-state index in [1.54, 1.807) is 0 Å². The molecule has 0 aliphatic rings. The first-order chi connectivity index (χ1) is 7.73. The largest absolute Gasteiger partial charge is 0.394 e. The Morgan fingerprint density at radius 2 is 1.76 bits per heavy atom. The van der Waals surface area contributed by atoms with E-state index in [1.807, 2.05) is 19.2 Å². The Labute approximate surface area is 110 Å². The second-order valence-electron chi connectivity index (χ2n) is 3.52. The zero-order chi connectivity index (χ0) is 14.1. The molecule has 7 heteroatoms. The van der Waals surface area contributed by atoms with Crippen LogP contribution in [-0.2, 0) is 4.79 Å². The van der Waals surface area contributed by atoms with E-state index in [4.69, 9.17) is 15.9 Å². The number of nitrogens with two attached hydrogens (primary N) is 1. The number of carbonyl (C=O) groups is 2. The number of aliphatic hydroxyl groups is 2. The third-order valence-corrected chi connectivity index (χ3v) is 3.51. The number of halogens is 1. The Bertz CT molecular complexity index is 242. The van der Waals surface area contributed by atoms with Gasteiger partial charge in [-0.2, -0.15) is 0 Å². The molecule has 0 aromatic carbocycles. The van der Waals surface area contributed by atoms with Gasteiger partial charge in [0, 0.05) is 0 Å². The summed E-state index contributed by atoms with van der Waals surface area (Å²) in [6, 6.07) is -0.814. The van der Waals surface area contributed by atoms with Gasteiger partial charge in [-0.05, 0) is 19.8 Å². The average Bonchev–Trinajstić information content (AvgIpc) is 2.27. The van der Waals surface area contributed by atoms with Crippen molar-refractivity contribution in [1.29, 1.82) is 0 Å². The number of nitrogens with one attached hydrogen (secondary N) is 1. The van der Waals surface area contributed by atoms with E-state index in [1.165, 1.54) is 6.92 Å². The van der Waals surface area contributed by atoms with E-state index >= 15 is 0 Å². The van der Waals surface area contributed by atoms with E-state index in [0.29, 0.717) is 12.8 Å². The van der Waals surface area contributed by atoms with Gasteiger partial charge >= 0.3 is 6.03 Å². The van der Waals surface area contributed by atoms with Crippen LogP contribution < -0.4 is 11.1 Å². The molecule has 0 bridgehead atoms. The predicted molar refractivity (Wildman–Crippen MR) is 68.7 cm³/mol. The third-order valence-electron chi connectivity index (χ3n) is 2.03. The van der Waals surface area contributed by atoms with Crippen LogP contribution in [0, 0.1) is 0 Å². The number of amides is 3. The molecule has 0 aromatic rings. The number of primary amides is 1. The lowest BCUT2D eigenvalue weighted by molar-refractivity contribution is -0.122. The topological polar surface area (TPSA) is 113 Å². The fourth-order valence-electron chi connectivity index (χ4n) is 0.795. The summed E-state index contributed by atoms with van der Waals surface area (Å²) in [4.78, 5) is 21.6. The van der Waals surface area contributed by atoms with Crippen LogP contribution in [0.1, 0.15) is 33.6 Å². The van der Waals surface area contributed by atoms with E-state index in [-0.39, 0.29) is 12.5 Å². The molecule has 6 nitrogen and oxygen atoms in total. The summed E-state index contributed by atoms with van der Waals surface area (Å²) in [5, 5.41) is 18.0. The van der Waals surface area contributed by atoms with E-state index in [2.05, 4.69) is 15.9 Å². The fraction of sp³-hybridized carbons (Fsp3) is 0.800. The molecule has 1 atom stereocenters. The summed E-state index contributed by atoms with van der Waals surface area (Å²) in [7, 11) is 0. The van der Waals surface area contributed by atoms with Crippen LogP contribution in [0.4, 0.5) is 4.79 Å². The van der Waals surface area contributed by atoms with Crippen molar-refractivity contribution in [3.63, 3.8) is 0 Å². The zero-order valence-corrected chi connectivity index (χ0v) is 12.0. The number of hydrogen-bond donors (Lipinski definition) is 4. The van der Waals surface area contributed by atoms with Gasteiger partial charge in [0.1, 0.15) is 4.32 Å². The van der Waals surface area contributed by atoms with Crippen molar-refractivity contribution in [1.82, 2.24) is 5.32 Å². The maximum Gasteiger partial charge on any atom is 0.318 e. The minimum absolute atomic E-state index is 0.139. The second kappa shape index (κ2) is 9.38. The molecule has 0 aromatic heterocycles. The van der Waals surface area contributed by atoms with Gasteiger partial charge in [0.2, 0.25) is 5.91 Å². The molecule has 0 rings (SSSR count). The molecular formula is C10H21BrN2O4. The van der Waals surface area contributed by atoms with Gasteiger partial charge in [0.15, 0.2) is 0 Å². The van der Waals surface area contributed by atoms with Crippen LogP contribution in [0.15, 0.2) is 0 Å². The molecule has 0 aliphatic heterocycles. The first-order valence-electron chi connectivity index (χ1n) is 5.32. The third kappa shape index (κ3) is 9.08. The first-order valence-corrected chi connectivity index (χ1v) is 6.11. The molecule has 0 spiro atoms. The molecule has 3 amide bonds. The summed E-state index contributed by atoms with van der Waals surface area (Å²) in [5.74, 6) is -0.375. The van der Waals surface area contributed by atoms with Crippen molar-refractivity contribution < 1.29 is 19.8 Å². The molecule has 0 saturated heterocycles. The van der Waals surface area contributed by atoms with E-state index < -0.39 is 16.5 Å². The average molecular weight is 313 g/mol. The van der Waals surface area contributed by atoms with E-state index in [0.717, 1.165) is 0 Å². The Kier molecular flexibility index (Phi) is 10.3. The number of hydrogen-bond acceptors (Lipinski definition) is 4. The number of urea groups is 1. The van der Waals surface area contributed by atoms with Crippen molar-refractivity contribution in [2.24, 2.45) is 5.73 Å². The normalized spacial score (nSPS) is 12.1. The van der Waals surface area contributed by atoms with Crippen molar-refractivity contribution >= 4 is 27.9 Å². The first kappa shape index (κ1) is 18.7. The lowest BCUT2D eigenvalue weighted by atomic mass is 10.0. The molecule has 0 heterocycles. The SMILES string of the molecule is CC(O)CO.CCC(Br)(CC)C(=O)NC(N)=O. The van der Waals surface area contributed by atoms with Gasteiger partial charge in [-0.15, -0.1) is 0 Å². The molecule has 17 heavy (non-hydrogen) atoms. The molecule has 0 fully saturated rings. The van der Waals surface area contributed by atoms with Crippen LogP contribution in [-0.4, -0.2) is 39.2 Å². The van der Waals surface area contributed by atoms with Crippen molar-refractivity contribution in [3.05, 3.63) is 0 Å². The van der Waals surface area contributed by atoms with Crippen molar-refractivity contribution in [3.8, 4) is 0 Å². The van der Waals surface area contributed by atoms with Crippen LogP contribution in [0.2, 0.25) is 0 Å². The Balaban J connectivity index is 0. The molecule has 0 saturated carbocycles. The van der Waals surface area contributed by atoms with Crippen LogP contribution in [0.3, 0.4) is 0 Å². The lowest BCUT2D eigenvalue weighted by Crippen LogP contribution is -2.46. The minimum atomic E-state index is -0.814. The van der Waals surface area contributed by atoms with Crippen molar-refractivity contribution in [2.45, 2.75) is 44.0 Å². The van der Waals surface area contributed by atoms with Crippen LogP contribution in [0.5, 0.6) is 0 Å². The van der Waals surface area contributed by atoms with Gasteiger partial charge in [-0.1, -0.05) is 29.8 Å². The minimum Gasteiger partial charge on any atom is -0.394 e. The van der Waals surface area contributed by atoms with Gasteiger partial charge < -0.3 is 15.9 Å². The number of carbonyl (C=O) groups excluding carboxylic acids is 2. The maximum absolute atomic E-state index is 11.3. The smallest absolute Gasteiger partial charge is 0.318 e. The summed E-state index contributed by atoms with van der Waals surface area (Å²) in [5.41, 5.74) is 4.81. The molecular weight excluding hydrogens is 292 g/mol. The van der Waals surface area contributed by atoms with Crippen LogP contribution >= 0.6 is 15.9 Å². The second-order valence-corrected chi connectivity index (χ2v) is 5.04. The standard InChI is InChI=1S/C7H13BrN2O2.C3H8O2/c1-3-7(8,4-2)5(11)10-6(9)12;1-3(5)2-4/h3-4H2,1-2H3,(H3,9,10,11,12);3-5H,2H2,1H3. The number of imide groups is 1. The zero-order valence-electron chi connectivity index (χ0n) is 10.4. The van der Waals surface area contributed by atoms with Gasteiger partial charge in [-0.25, -0.2) is 4.79 Å². The van der Waals surface area contributed by atoms with Gasteiger partial charge in [0.05, 0.1) is 12.7 Å². The number of rotatable bonds is 4. The Morgan fingerprint density at radius 1 is 1.41 bits per heavy atom. The van der Waals surface area contributed by atoms with Crippen molar-refractivity contribution in [2.75, 3.05) is 6.61 Å². The molecule has 1 unspecified atom stereocenters. The number of alkyl halides is 1. The Morgan fingerprint density at radius 3 is 1.94 bits per heavy atom. The Hall–Kier alpha value is -0.660. The maximum atomic E-state index is 11.3. The summed E-state index contributed by atoms with van der Waals surface area (Å²) >= 11 is 3.26. The lowest BCUT2D eigenvalue weighted by Gasteiger charge is -2.21. The summed E-state index contributed by atoms with van der Waals surface area (Å²) in [6.07, 6.45) is 0.667. The highest BCUT2D eigenvalue weighted by Crippen LogP contribution is 2.26. The highest BCUT2D eigenvalue weighted by molar-refractivity contribution is 9.10. The molecule has 0 radical (unpaired) electrons. The predicted octanol–water partition coefficient (Wildman–Crippen LogP) is 0.494. The monoisotopic (exact) mass is 312 g/mol. The van der Waals surface area contributed by atoms with Gasteiger partial charge in [0.25, 0.3) is 0 Å². The van der Waals surface area contributed by atoms with Gasteiger partial charge in [-0.3, -0.25) is 10.1 Å². The molecule has 0 aliphatic carbocycles. The fourth-order valence-corrected chi connectivity index (χ4v) is 0.894. The summed E-state index contributed by atoms with van der Waals surface area (Å²) < 4.78 is -0.665. The molecule has 102 valence electrons. The number of aliphatic hydroxyl groups excluding tert-OH is 2. The highest BCUT2D eigenvalue weighted by atomic mass is 79.9. The van der Waals surface area contributed by atoms with E-state index in [9.17, 15) is 9.59 Å². The summed E-state index contributed by atoms with van der Waals surface area (Å²) in [6.45, 7) is 5.11.